The Morgan fingerprint density at radius 2 is 2.25 bits per heavy atom. The van der Waals surface area contributed by atoms with E-state index in [2.05, 4.69) is 33.8 Å². The van der Waals surface area contributed by atoms with Gasteiger partial charge in [-0.15, -0.1) is 0 Å². The molecule has 0 aliphatic carbocycles. The van der Waals surface area contributed by atoms with Crippen LogP contribution >= 0.6 is 15.9 Å². The molecular weight excluding hydrogens is 268 g/mol. The molecule has 0 atom stereocenters. The van der Waals surface area contributed by atoms with Gasteiger partial charge >= 0.3 is 0 Å². The van der Waals surface area contributed by atoms with Crippen molar-refractivity contribution in [3.8, 4) is 6.07 Å². The van der Waals surface area contributed by atoms with Crippen LogP contribution in [0.2, 0.25) is 0 Å². The van der Waals surface area contributed by atoms with Crippen LogP contribution < -0.4 is 4.90 Å². The zero-order chi connectivity index (χ0) is 12.0. The summed E-state index contributed by atoms with van der Waals surface area (Å²) in [4.78, 5) is 2.17. The molecule has 0 unspecified atom stereocenters. The van der Waals surface area contributed by atoms with Gasteiger partial charge in [-0.05, 0) is 47.5 Å². The predicted octanol–water partition coefficient (Wildman–Crippen LogP) is 2.53. The standard InChI is InChI=1S/C12H15BrN2O/c1-2-15(6-3-7-16)11-5-4-10(9-14)12(13)8-11/h4-5,8,16H,2-3,6-7H2,1H3. The van der Waals surface area contributed by atoms with E-state index in [1.54, 1.807) is 6.07 Å². The number of benzene rings is 1. The lowest BCUT2D eigenvalue weighted by molar-refractivity contribution is 0.289. The van der Waals surface area contributed by atoms with Crippen LogP contribution in [0.15, 0.2) is 22.7 Å². The van der Waals surface area contributed by atoms with Crippen molar-refractivity contribution in [1.82, 2.24) is 0 Å². The van der Waals surface area contributed by atoms with Crippen molar-refractivity contribution in [2.75, 3.05) is 24.6 Å². The first kappa shape index (κ1) is 13.0. The molecule has 0 saturated heterocycles. The predicted molar refractivity (Wildman–Crippen MR) is 68.4 cm³/mol. The Morgan fingerprint density at radius 1 is 1.50 bits per heavy atom. The first-order valence-corrected chi connectivity index (χ1v) is 6.07. The Bertz CT molecular complexity index is 387. The summed E-state index contributed by atoms with van der Waals surface area (Å²) in [7, 11) is 0. The van der Waals surface area contributed by atoms with E-state index >= 15 is 0 Å². The summed E-state index contributed by atoms with van der Waals surface area (Å²) < 4.78 is 0.815. The van der Waals surface area contributed by atoms with Crippen molar-refractivity contribution in [1.29, 1.82) is 5.26 Å². The third-order valence-corrected chi connectivity index (χ3v) is 3.06. The second-order valence-electron chi connectivity index (χ2n) is 3.43. The minimum Gasteiger partial charge on any atom is -0.396 e. The minimum atomic E-state index is 0.202. The minimum absolute atomic E-state index is 0.202. The van der Waals surface area contributed by atoms with E-state index in [-0.39, 0.29) is 6.61 Å². The zero-order valence-electron chi connectivity index (χ0n) is 9.28. The molecule has 1 aromatic carbocycles. The summed E-state index contributed by atoms with van der Waals surface area (Å²) in [5.41, 5.74) is 1.71. The Morgan fingerprint density at radius 3 is 2.75 bits per heavy atom. The molecule has 0 aromatic heterocycles. The number of aliphatic hydroxyl groups is 1. The zero-order valence-corrected chi connectivity index (χ0v) is 10.9. The maximum atomic E-state index is 8.82. The number of rotatable bonds is 5. The summed E-state index contributed by atoms with van der Waals surface area (Å²) in [6.45, 7) is 3.99. The van der Waals surface area contributed by atoms with Crippen LogP contribution in [-0.4, -0.2) is 24.8 Å². The van der Waals surface area contributed by atoms with Crippen molar-refractivity contribution in [3.05, 3.63) is 28.2 Å². The van der Waals surface area contributed by atoms with E-state index in [9.17, 15) is 0 Å². The van der Waals surface area contributed by atoms with Gasteiger partial charge in [-0.2, -0.15) is 5.26 Å². The maximum Gasteiger partial charge on any atom is 0.100 e. The van der Waals surface area contributed by atoms with Crippen molar-refractivity contribution in [2.45, 2.75) is 13.3 Å². The quantitative estimate of drug-likeness (QED) is 0.903. The smallest absolute Gasteiger partial charge is 0.100 e. The van der Waals surface area contributed by atoms with Gasteiger partial charge < -0.3 is 10.0 Å². The van der Waals surface area contributed by atoms with Gasteiger partial charge in [0.15, 0.2) is 0 Å². The van der Waals surface area contributed by atoms with E-state index in [1.807, 2.05) is 12.1 Å². The van der Waals surface area contributed by atoms with Crippen molar-refractivity contribution >= 4 is 21.6 Å². The van der Waals surface area contributed by atoms with Crippen molar-refractivity contribution < 1.29 is 5.11 Å². The first-order chi connectivity index (χ1) is 7.72. The second kappa shape index (κ2) is 6.51. The lowest BCUT2D eigenvalue weighted by atomic mass is 10.2. The molecule has 3 nitrogen and oxygen atoms in total. The molecule has 1 aromatic rings. The van der Waals surface area contributed by atoms with E-state index in [4.69, 9.17) is 10.4 Å². The molecule has 0 saturated carbocycles. The molecule has 0 amide bonds. The highest BCUT2D eigenvalue weighted by atomic mass is 79.9. The highest BCUT2D eigenvalue weighted by Gasteiger charge is 2.06. The fourth-order valence-corrected chi connectivity index (χ4v) is 1.98. The van der Waals surface area contributed by atoms with Crippen molar-refractivity contribution in [2.24, 2.45) is 0 Å². The van der Waals surface area contributed by atoms with Crippen LogP contribution in [-0.2, 0) is 0 Å². The summed E-state index contributed by atoms with van der Waals surface area (Å²) in [5, 5.41) is 17.6. The van der Waals surface area contributed by atoms with E-state index in [0.717, 1.165) is 29.7 Å². The van der Waals surface area contributed by atoms with Gasteiger partial charge in [0, 0.05) is 29.9 Å². The number of hydrogen-bond acceptors (Lipinski definition) is 3. The number of anilines is 1. The molecule has 86 valence electrons. The average molecular weight is 283 g/mol. The number of aliphatic hydroxyl groups excluding tert-OH is 1. The lowest BCUT2D eigenvalue weighted by Gasteiger charge is -2.23. The SMILES string of the molecule is CCN(CCCO)c1ccc(C#N)c(Br)c1. The van der Waals surface area contributed by atoms with Crippen molar-refractivity contribution in [3.63, 3.8) is 0 Å². The molecule has 0 spiro atoms. The largest absolute Gasteiger partial charge is 0.396 e. The third-order valence-electron chi connectivity index (χ3n) is 2.41. The molecule has 0 bridgehead atoms. The third kappa shape index (κ3) is 3.22. The highest BCUT2D eigenvalue weighted by Crippen LogP contribution is 2.23. The maximum absolute atomic E-state index is 8.82. The molecule has 0 heterocycles. The number of nitriles is 1. The second-order valence-corrected chi connectivity index (χ2v) is 4.29. The molecule has 1 N–H and O–H groups in total. The van der Waals surface area contributed by atoms with E-state index in [1.165, 1.54) is 0 Å². The van der Waals surface area contributed by atoms with Crippen LogP contribution in [0.4, 0.5) is 5.69 Å². The molecule has 1 rings (SSSR count). The molecule has 16 heavy (non-hydrogen) atoms. The molecular formula is C12H15BrN2O. The number of halogens is 1. The highest BCUT2D eigenvalue weighted by molar-refractivity contribution is 9.10. The molecule has 0 aliphatic rings. The topological polar surface area (TPSA) is 47.3 Å². The van der Waals surface area contributed by atoms with Gasteiger partial charge in [0.1, 0.15) is 6.07 Å². The van der Waals surface area contributed by atoms with Gasteiger partial charge in [0.05, 0.1) is 5.56 Å². The van der Waals surface area contributed by atoms with Crippen LogP contribution in [0.3, 0.4) is 0 Å². The van der Waals surface area contributed by atoms with Crippen LogP contribution in [0.1, 0.15) is 18.9 Å². The summed E-state index contributed by atoms with van der Waals surface area (Å²) in [5.74, 6) is 0. The monoisotopic (exact) mass is 282 g/mol. The van der Waals surface area contributed by atoms with Gasteiger partial charge in [-0.3, -0.25) is 0 Å². The Labute approximate surface area is 104 Å². The van der Waals surface area contributed by atoms with Crippen LogP contribution in [0.5, 0.6) is 0 Å². The van der Waals surface area contributed by atoms with Crippen LogP contribution in [0, 0.1) is 11.3 Å². The Balaban J connectivity index is 2.86. The van der Waals surface area contributed by atoms with Gasteiger partial charge in [0.25, 0.3) is 0 Å². The molecule has 0 aliphatic heterocycles. The fraction of sp³-hybridized carbons (Fsp3) is 0.417. The first-order valence-electron chi connectivity index (χ1n) is 5.28. The fourth-order valence-electron chi connectivity index (χ4n) is 1.52. The van der Waals surface area contributed by atoms with E-state index in [0.29, 0.717) is 5.56 Å². The Kier molecular flexibility index (Phi) is 5.30. The van der Waals surface area contributed by atoms with Gasteiger partial charge in [0.2, 0.25) is 0 Å². The van der Waals surface area contributed by atoms with Crippen LogP contribution in [0.25, 0.3) is 0 Å². The average Bonchev–Trinajstić information content (AvgIpc) is 2.30. The van der Waals surface area contributed by atoms with E-state index < -0.39 is 0 Å². The normalized spacial score (nSPS) is 9.88. The van der Waals surface area contributed by atoms with Gasteiger partial charge in [-0.25, -0.2) is 0 Å². The van der Waals surface area contributed by atoms with Gasteiger partial charge in [-0.1, -0.05) is 0 Å². The summed E-state index contributed by atoms with van der Waals surface area (Å²) >= 11 is 3.37. The summed E-state index contributed by atoms with van der Waals surface area (Å²) in [6, 6.07) is 7.80. The molecule has 0 radical (unpaired) electrons. The number of hydrogen-bond donors (Lipinski definition) is 1. The Hall–Kier alpha value is -1.05. The lowest BCUT2D eigenvalue weighted by Crippen LogP contribution is -2.24. The molecule has 4 heteroatoms. The summed E-state index contributed by atoms with van der Waals surface area (Å²) in [6.07, 6.45) is 0.755. The molecule has 0 fully saturated rings. The number of nitrogens with zero attached hydrogens (tertiary/aromatic N) is 2.